The summed E-state index contributed by atoms with van der Waals surface area (Å²) in [6, 6.07) is 4.63. The van der Waals surface area contributed by atoms with E-state index in [9.17, 15) is 19.5 Å². The van der Waals surface area contributed by atoms with Crippen molar-refractivity contribution >= 4 is 22.8 Å². The van der Waals surface area contributed by atoms with Crippen LogP contribution in [0.5, 0.6) is 5.75 Å². The lowest BCUT2D eigenvalue weighted by molar-refractivity contribution is -0.143. The monoisotopic (exact) mass is 387 g/mol. The van der Waals surface area contributed by atoms with E-state index in [-0.39, 0.29) is 30.4 Å². The Morgan fingerprint density at radius 1 is 1.21 bits per heavy atom. The minimum Gasteiger partial charge on any atom is -0.508 e. The quantitative estimate of drug-likeness (QED) is 0.656. The summed E-state index contributed by atoms with van der Waals surface area (Å²) in [6.45, 7) is 2.35. The van der Waals surface area contributed by atoms with Crippen LogP contribution in [0.3, 0.4) is 0 Å². The van der Waals surface area contributed by atoms with Gasteiger partial charge < -0.3 is 19.9 Å². The zero-order valence-electron chi connectivity index (χ0n) is 15.9. The Hall–Kier alpha value is -2.83. The largest absolute Gasteiger partial charge is 0.508 e. The summed E-state index contributed by atoms with van der Waals surface area (Å²) >= 11 is 0. The van der Waals surface area contributed by atoms with Crippen molar-refractivity contribution in [3.8, 4) is 5.75 Å². The van der Waals surface area contributed by atoms with Gasteiger partial charge in [-0.3, -0.25) is 9.59 Å². The third-order valence-corrected chi connectivity index (χ3v) is 5.66. The lowest BCUT2D eigenvalue weighted by atomic mass is 9.82. The summed E-state index contributed by atoms with van der Waals surface area (Å²) in [6.07, 6.45) is 3.38. The minimum atomic E-state index is -0.734. The molecule has 150 valence electrons. The fourth-order valence-electron chi connectivity index (χ4n) is 3.87. The number of carboxylic acids is 1. The maximum Gasteiger partial charge on any atom is 0.339 e. The molecule has 0 bridgehead atoms. The van der Waals surface area contributed by atoms with E-state index in [4.69, 9.17) is 9.52 Å². The molecule has 0 saturated heterocycles. The first-order chi connectivity index (χ1) is 13.3. The van der Waals surface area contributed by atoms with Crippen LogP contribution >= 0.6 is 0 Å². The number of rotatable bonds is 6. The van der Waals surface area contributed by atoms with Crippen molar-refractivity contribution in [2.45, 2.75) is 45.4 Å². The van der Waals surface area contributed by atoms with Gasteiger partial charge in [0.2, 0.25) is 5.91 Å². The van der Waals surface area contributed by atoms with E-state index in [0.717, 1.165) is 23.8 Å². The zero-order valence-corrected chi connectivity index (χ0v) is 15.9. The van der Waals surface area contributed by atoms with Crippen LogP contribution in [-0.2, 0) is 16.0 Å². The summed E-state index contributed by atoms with van der Waals surface area (Å²) in [5.74, 6) is -0.796. The Kier molecular flexibility index (Phi) is 6.02. The average molecular weight is 387 g/mol. The molecule has 1 aromatic heterocycles. The highest BCUT2D eigenvalue weighted by atomic mass is 16.4. The third kappa shape index (κ3) is 4.52. The fourth-order valence-corrected chi connectivity index (χ4v) is 3.87. The maximum absolute atomic E-state index is 12.2. The Morgan fingerprint density at radius 3 is 2.61 bits per heavy atom. The number of carbonyl (C=O) groups excluding carboxylic acids is 1. The van der Waals surface area contributed by atoms with Crippen LogP contribution < -0.4 is 10.9 Å². The van der Waals surface area contributed by atoms with Crippen molar-refractivity contribution in [1.82, 2.24) is 5.32 Å². The standard InChI is InChI=1S/C21H25NO6/c1-12-16-7-6-15(23)10-18(16)28-21(27)17(12)8-9-19(24)22-11-13-2-4-14(5-3-13)20(25)26/h6-7,10,13-14,23H,2-5,8-9,11H2,1H3,(H,22,24)(H,25,26). The molecular formula is C21H25NO6. The topological polar surface area (TPSA) is 117 Å². The van der Waals surface area contributed by atoms with Gasteiger partial charge in [0.25, 0.3) is 0 Å². The molecule has 1 saturated carbocycles. The molecule has 7 heteroatoms. The smallest absolute Gasteiger partial charge is 0.339 e. The summed E-state index contributed by atoms with van der Waals surface area (Å²) in [7, 11) is 0. The summed E-state index contributed by atoms with van der Waals surface area (Å²) < 4.78 is 5.28. The van der Waals surface area contributed by atoms with Gasteiger partial charge in [-0.1, -0.05) is 0 Å². The van der Waals surface area contributed by atoms with Crippen LogP contribution in [0.25, 0.3) is 11.0 Å². The first-order valence-electron chi connectivity index (χ1n) is 9.60. The number of aromatic hydroxyl groups is 1. The van der Waals surface area contributed by atoms with Crippen LogP contribution in [0.15, 0.2) is 27.4 Å². The van der Waals surface area contributed by atoms with Gasteiger partial charge in [-0.15, -0.1) is 0 Å². The van der Waals surface area contributed by atoms with Crippen LogP contribution in [0, 0.1) is 18.8 Å². The highest BCUT2D eigenvalue weighted by Gasteiger charge is 2.26. The number of benzene rings is 1. The third-order valence-electron chi connectivity index (χ3n) is 5.66. The van der Waals surface area contributed by atoms with E-state index in [1.165, 1.54) is 12.1 Å². The van der Waals surface area contributed by atoms with Gasteiger partial charge in [0.15, 0.2) is 0 Å². The highest BCUT2D eigenvalue weighted by Crippen LogP contribution is 2.28. The van der Waals surface area contributed by atoms with Crippen molar-refractivity contribution in [2.24, 2.45) is 11.8 Å². The number of aliphatic carboxylic acids is 1. The van der Waals surface area contributed by atoms with Gasteiger partial charge in [-0.05, 0) is 62.6 Å². The van der Waals surface area contributed by atoms with Gasteiger partial charge >= 0.3 is 11.6 Å². The van der Waals surface area contributed by atoms with Crippen LogP contribution in [0.4, 0.5) is 0 Å². The molecule has 0 spiro atoms. The molecule has 1 aliphatic carbocycles. The van der Waals surface area contributed by atoms with E-state index in [2.05, 4.69) is 5.32 Å². The van der Waals surface area contributed by atoms with Crippen LogP contribution in [0.1, 0.15) is 43.2 Å². The van der Waals surface area contributed by atoms with Crippen molar-refractivity contribution < 1.29 is 24.2 Å². The predicted molar refractivity (Wildman–Crippen MR) is 103 cm³/mol. The summed E-state index contributed by atoms with van der Waals surface area (Å²) in [5, 5.41) is 22.2. The Bertz CT molecular complexity index is 940. The molecule has 1 amide bonds. The molecule has 7 nitrogen and oxygen atoms in total. The van der Waals surface area contributed by atoms with Crippen molar-refractivity contribution in [3.63, 3.8) is 0 Å². The molecule has 0 radical (unpaired) electrons. The van der Waals surface area contributed by atoms with Crippen molar-refractivity contribution in [1.29, 1.82) is 0 Å². The lowest BCUT2D eigenvalue weighted by Gasteiger charge is -2.26. The second-order valence-electron chi connectivity index (χ2n) is 7.53. The zero-order chi connectivity index (χ0) is 20.3. The molecule has 3 N–H and O–H groups in total. The Morgan fingerprint density at radius 2 is 1.93 bits per heavy atom. The molecule has 0 atom stereocenters. The molecule has 3 rings (SSSR count). The highest BCUT2D eigenvalue weighted by molar-refractivity contribution is 5.82. The molecule has 1 heterocycles. The van der Waals surface area contributed by atoms with Crippen LogP contribution in [0.2, 0.25) is 0 Å². The van der Waals surface area contributed by atoms with Crippen molar-refractivity contribution in [3.05, 3.63) is 39.7 Å². The van der Waals surface area contributed by atoms with Gasteiger partial charge in [0, 0.05) is 30.0 Å². The number of carboxylic acid groups (broad SMARTS) is 1. The molecule has 2 aromatic rings. The number of hydrogen-bond acceptors (Lipinski definition) is 5. The summed E-state index contributed by atoms with van der Waals surface area (Å²) in [4.78, 5) is 35.4. The van der Waals surface area contributed by atoms with E-state index >= 15 is 0 Å². The lowest BCUT2D eigenvalue weighted by Crippen LogP contribution is -2.32. The molecule has 1 fully saturated rings. The average Bonchev–Trinajstić information content (AvgIpc) is 2.66. The molecule has 28 heavy (non-hydrogen) atoms. The first-order valence-corrected chi connectivity index (χ1v) is 9.60. The number of phenols is 1. The second kappa shape index (κ2) is 8.46. The molecule has 1 aliphatic rings. The van der Waals surface area contributed by atoms with E-state index in [1.807, 2.05) is 6.92 Å². The normalized spacial score (nSPS) is 19.5. The predicted octanol–water partition coefficient (Wildman–Crippen LogP) is 2.75. The molecule has 1 aromatic carbocycles. The molecule has 0 unspecified atom stereocenters. The molecular weight excluding hydrogens is 362 g/mol. The minimum absolute atomic E-state index is 0.0274. The number of aryl methyl sites for hydroxylation is 1. The second-order valence-corrected chi connectivity index (χ2v) is 7.53. The van der Waals surface area contributed by atoms with Gasteiger partial charge in [-0.25, -0.2) is 4.79 Å². The first kappa shape index (κ1) is 19.9. The van der Waals surface area contributed by atoms with E-state index in [1.54, 1.807) is 6.07 Å². The fraction of sp³-hybridized carbons (Fsp3) is 0.476. The number of nitrogens with one attached hydrogen (secondary N) is 1. The molecule has 0 aliphatic heterocycles. The van der Waals surface area contributed by atoms with Crippen LogP contribution in [-0.4, -0.2) is 28.6 Å². The number of phenolic OH excluding ortho intramolecular Hbond substituents is 1. The van der Waals surface area contributed by atoms with Gasteiger partial charge in [0.1, 0.15) is 11.3 Å². The number of amides is 1. The maximum atomic E-state index is 12.2. The van der Waals surface area contributed by atoms with Gasteiger partial charge in [-0.2, -0.15) is 0 Å². The Balaban J connectivity index is 1.54. The number of fused-ring (bicyclic) bond motifs is 1. The van der Waals surface area contributed by atoms with Gasteiger partial charge in [0.05, 0.1) is 5.92 Å². The van der Waals surface area contributed by atoms with E-state index < -0.39 is 11.6 Å². The summed E-state index contributed by atoms with van der Waals surface area (Å²) in [5.41, 5.74) is 1.06. The van der Waals surface area contributed by atoms with E-state index in [0.29, 0.717) is 36.5 Å². The number of hydrogen-bond donors (Lipinski definition) is 3. The number of carbonyl (C=O) groups is 2. The Labute approximate surface area is 162 Å². The SMILES string of the molecule is Cc1c(CCC(=O)NCC2CCC(C(=O)O)CC2)c(=O)oc2cc(O)ccc12. The van der Waals surface area contributed by atoms with Crippen molar-refractivity contribution in [2.75, 3.05) is 6.54 Å².